The molecule has 0 spiro atoms. The molecule has 0 saturated heterocycles. The van der Waals surface area contributed by atoms with Gasteiger partial charge in [-0.25, -0.2) is 4.79 Å². The average Bonchev–Trinajstić information content (AvgIpc) is 2.83. The van der Waals surface area contributed by atoms with Crippen LogP contribution in [-0.2, 0) is 11.4 Å². The Labute approximate surface area is 211 Å². The molecule has 0 saturated carbocycles. The summed E-state index contributed by atoms with van der Waals surface area (Å²) in [5.41, 5.74) is 2.82. The highest BCUT2D eigenvalue weighted by Crippen LogP contribution is 2.35. The quantitative estimate of drug-likeness (QED) is 0.258. The lowest BCUT2D eigenvalue weighted by Gasteiger charge is -2.14. The number of aryl methyl sites for hydroxylation is 1. The Kier molecular flexibility index (Phi) is 8.65. The van der Waals surface area contributed by atoms with Crippen LogP contribution in [0.15, 0.2) is 70.7 Å². The van der Waals surface area contributed by atoms with Crippen molar-refractivity contribution in [2.24, 2.45) is 0 Å². The van der Waals surface area contributed by atoms with Gasteiger partial charge in [-0.3, -0.25) is 4.79 Å². The smallest absolute Gasteiger partial charge is 0.335 e. The minimum atomic E-state index is -1.12. The molecule has 1 amide bonds. The molecule has 0 atom stereocenters. The van der Waals surface area contributed by atoms with Gasteiger partial charge in [-0.2, -0.15) is 5.26 Å². The first-order chi connectivity index (χ1) is 16.8. The summed E-state index contributed by atoms with van der Waals surface area (Å²) < 4.78 is 12.3. The Balaban J connectivity index is 1.85. The van der Waals surface area contributed by atoms with E-state index in [1.54, 1.807) is 18.2 Å². The predicted octanol–water partition coefficient (Wildman–Crippen LogP) is 5.98. The SMILES string of the molecule is CCOc1cc(/C=C(/C#N)C(=O)Nc2cccc(C(=O)O)c2)c(Br)cc1OCc1cccc(C)c1. The number of benzene rings is 3. The van der Waals surface area contributed by atoms with Crippen LogP contribution < -0.4 is 14.8 Å². The molecule has 3 aromatic rings. The van der Waals surface area contributed by atoms with E-state index < -0.39 is 11.9 Å². The molecular formula is C27H23BrN2O5. The maximum atomic E-state index is 12.7. The number of rotatable bonds is 9. The van der Waals surface area contributed by atoms with Crippen LogP contribution in [0.5, 0.6) is 11.5 Å². The van der Waals surface area contributed by atoms with E-state index in [2.05, 4.69) is 21.2 Å². The molecule has 2 N–H and O–H groups in total. The first kappa shape index (κ1) is 25.5. The van der Waals surface area contributed by atoms with Crippen LogP contribution in [0.3, 0.4) is 0 Å². The average molecular weight is 535 g/mol. The summed E-state index contributed by atoms with van der Waals surface area (Å²) in [5, 5.41) is 21.3. The maximum Gasteiger partial charge on any atom is 0.335 e. The Morgan fingerprint density at radius 3 is 2.51 bits per heavy atom. The van der Waals surface area contributed by atoms with E-state index in [-0.39, 0.29) is 16.8 Å². The molecule has 0 aliphatic heterocycles. The lowest BCUT2D eigenvalue weighted by Crippen LogP contribution is -2.14. The van der Waals surface area contributed by atoms with Gasteiger partial charge in [0.05, 0.1) is 12.2 Å². The normalized spacial score (nSPS) is 10.9. The molecule has 0 unspecified atom stereocenters. The van der Waals surface area contributed by atoms with E-state index >= 15 is 0 Å². The Bertz CT molecular complexity index is 1330. The van der Waals surface area contributed by atoms with Crippen LogP contribution in [0.2, 0.25) is 0 Å². The molecule has 0 aliphatic carbocycles. The highest BCUT2D eigenvalue weighted by Gasteiger charge is 2.15. The van der Waals surface area contributed by atoms with Gasteiger partial charge in [-0.15, -0.1) is 0 Å². The molecule has 0 fully saturated rings. The predicted molar refractivity (Wildman–Crippen MR) is 136 cm³/mol. The van der Waals surface area contributed by atoms with E-state index in [0.717, 1.165) is 11.1 Å². The van der Waals surface area contributed by atoms with Gasteiger partial charge in [0, 0.05) is 10.2 Å². The van der Waals surface area contributed by atoms with Crippen LogP contribution >= 0.6 is 15.9 Å². The number of ether oxygens (including phenoxy) is 2. The van der Waals surface area contributed by atoms with Crippen molar-refractivity contribution in [3.05, 3.63) is 93.0 Å². The second-order valence-corrected chi connectivity index (χ2v) is 8.40. The molecule has 3 rings (SSSR count). The van der Waals surface area contributed by atoms with E-state index in [1.165, 1.54) is 24.3 Å². The number of nitriles is 1. The molecule has 0 bridgehead atoms. The Morgan fingerprint density at radius 1 is 1.09 bits per heavy atom. The van der Waals surface area contributed by atoms with Crippen molar-refractivity contribution in [1.29, 1.82) is 5.26 Å². The number of aromatic carboxylic acids is 1. The van der Waals surface area contributed by atoms with Crippen molar-refractivity contribution in [1.82, 2.24) is 0 Å². The van der Waals surface area contributed by atoms with Crippen molar-refractivity contribution in [3.63, 3.8) is 0 Å². The molecule has 0 heterocycles. The lowest BCUT2D eigenvalue weighted by atomic mass is 10.1. The zero-order valence-corrected chi connectivity index (χ0v) is 20.8. The topological polar surface area (TPSA) is 109 Å². The first-order valence-corrected chi connectivity index (χ1v) is 11.5. The molecule has 7 nitrogen and oxygen atoms in total. The highest BCUT2D eigenvalue weighted by atomic mass is 79.9. The Hall–Kier alpha value is -4.09. The molecule has 0 aromatic heterocycles. The largest absolute Gasteiger partial charge is 0.490 e. The van der Waals surface area contributed by atoms with Gasteiger partial charge in [-0.1, -0.05) is 51.8 Å². The molecule has 0 aliphatic rings. The van der Waals surface area contributed by atoms with Crippen molar-refractivity contribution in [3.8, 4) is 17.6 Å². The van der Waals surface area contributed by atoms with E-state index in [4.69, 9.17) is 14.6 Å². The third kappa shape index (κ3) is 6.95. The fraction of sp³-hybridized carbons (Fsp3) is 0.148. The number of nitrogens with one attached hydrogen (secondary N) is 1. The lowest BCUT2D eigenvalue weighted by molar-refractivity contribution is -0.112. The maximum absolute atomic E-state index is 12.7. The molecule has 3 aromatic carbocycles. The first-order valence-electron chi connectivity index (χ1n) is 10.7. The number of amides is 1. The molecule has 178 valence electrons. The van der Waals surface area contributed by atoms with Crippen LogP contribution in [0, 0.1) is 18.3 Å². The number of anilines is 1. The number of carbonyl (C=O) groups is 2. The van der Waals surface area contributed by atoms with Gasteiger partial charge >= 0.3 is 5.97 Å². The zero-order valence-electron chi connectivity index (χ0n) is 19.2. The second kappa shape index (κ2) is 11.9. The van der Waals surface area contributed by atoms with Gasteiger partial charge in [-0.05, 0) is 61.4 Å². The minimum absolute atomic E-state index is 0.0237. The number of halogens is 1. The number of nitrogens with zero attached hydrogens (tertiary/aromatic N) is 1. The summed E-state index contributed by atoms with van der Waals surface area (Å²) in [6.07, 6.45) is 1.42. The number of hydrogen-bond acceptors (Lipinski definition) is 5. The summed E-state index contributed by atoms with van der Waals surface area (Å²) >= 11 is 3.48. The van der Waals surface area contributed by atoms with Gasteiger partial charge in [0.2, 0.25) is 0 Å². The van der Waals surface area contributed by atoms with E-state index in [9.17, 15) is 14.9 Å². The Morgan fingerprint density at radius 2 is 1.83 bits per heavy atom. The fourth-order valence-corrected chi connectivity index (χ4v) is 3.67. The number of carboxylic acid groups (broad SMARTS) is 1. The van der Waals surface area contributed by atoms with Crippen molar-refractivity contribution in [2.45, 2.75) is 20.5 Å². The second-order valence-electron chi connectivity index (χ2n) is 7.54. The van der Waals surface area contributed by atoms with Gasteiger partial charge < -0.3 is 19.9 Å². The molecule has 0 radical (unpaired) electrons. The molecule has 35 heavy (non-hydrogen) atoms. The third-order valence-electron chi connectivity index (χ3n) is 4.87. The van der Waals surface area contributed by atoms with Crippen LogP contribution in [0.1, 0.15) is 34.0 Å². The van der Waals surface area contributed by atoms with Crippen LogP contribution in [-0.4, -0.2) is 23.6 Å². The van der Waals surface area contributed by atoms with Gasteiger partial charge in [0.1, 0.15) is 18.2 Å². The summed E-state index contributed by atoms with van der Waals surface area (Å²) in [6, 6.07) is 19.1. The fourth-order valence-electron chi connectivity index (χ4n) is 3.24. The number of carbonyl (C=O) groups excluding carboxylic acids is 1. The minimum Gasteiger partial charge on any atom is -0.490 e. The van der Waals surface area contributed by atoms with Crippen molar-refractivity contribution in [2.75, 3.05) is 11.9 Å². The number of carboxylic acids is 1. The van der Waals surface area contributed by atoms with Crippen molar-refractivity contribution >= 4 is 39.6 Å². The standard InChI is InChI=1S/C27H23BrN2O5/c1-3-34-24-13-20(23(28)14-25(24)35-16-18-7-4-6-17(2)10-18)11-21(15-29)26(31)30-22-9-5-8-19(12-22)27(32)33/h4-14H,3,16H2,1-2H3,(H,30,31)(H,32,33)/b21-11-. The summed E-state index contributed by atoms with van der Waals surface area (Å²) in [6.45, 7) is 4.61. The van der Waals surface area contributed by atoms with Crippen LogP contribution in [0.4, 0.5) is 5.69 Å². The monoisotopic (exact) mass is 534 g/mol. The highest BCUT2D eigenvalue weighted by molar-refractivity contribution is 9.10. The molecular weight excluding hydrogens is 512 g/mol. The third-order valence-corrected chi connectivity index (χ3v) is 5.56. The zero-order chi connectivity index (χ0) is 25.4. The van der Waals surface area contributed by atoms with Crippen molar-refractivity contribution < 1.29 is 24.2 Å². The summed E-state index contributed by atoms with van der Waals surface area (Å²) in [4.78, 5) is 23.8. The van der Waals surface area contributed by atoms with Gasteiger partial charge in [0.25, 0.3) is 5.91 Å². The summed E-state index contributed by atoms with van der Waals surface area (Å²) in [7, 11) is 0. The van der Waals surface area contributed by atoms with Crippen LogP contribution in [0.25, 0.3) is 6.08 Å². The summed E-state index contributed by atoms with van der Waals surface area (Å²) in [5.74, 6) is -0.791. The van der Waals surface area contributed by atoms with Gasteiger partial charge in [0.15, 0.2) is 11.5 Å². The number of hydrogen-bond donors (Lipinski definition) is 2. The molecule has 8 heteroatoms. The van der Waals surface area contributed by atoms with E-state index in [1.807, 2.05) is 44.2 Å². The van der Waals surface area contributed by atoms with E-state index in [0.29, 0.717) is 34.7 Å².